The van der Waals surface area contributed by atoms with Crippen molar-refractivity contribution in [3.63, 3.8) is 0 Å². The molecule has 2 amide bonds. The lowest BCUT2D eigenvalue weighted by Gasteiger charge is -2.15. The van der Waals surface area contributed by atoms with E-state index in [9.17, 15) is 14.4 Å². The molecule has 3 N–H and O–H groups in total. The van der Waals surface area contributed by atoms with Crippen LogP contribution in [0.3, 0.4) is 0 Å². The highest BCUT2D eigenvalue weighted by Crippen LogP contribution is 2.37. The Morgan fingerprint density at radius 2 is 1.96 bits per heavy atom. The molecule has 0 spiro atoms. The van der Waals surface area contributed by atoms with Gasteiger partial charge in [0, 0.05) is 24.3 Å². The highest BCUT2D eigenvalue weighted by Gasteiger charge is 2.25. The third kappa shape index (κ3) is 4.63. The SMILES string of the molecule is CN(CC(=O)OCC(=O)Nc1sc2c(c1C(N)=O)CCCC2)c1ncccn1. The van der Waals surface area contributed by atoms with Crippen LogP contribution in [0.15, 0.2) is 18.5 Å². The second-order valence-electron chi connectivity index (χ2n) is 6.39. The van der Waals surface area contributed by atoms with Crippen molar-refractivity contribution in [3.8, 4) is 0 Å². The topological polar surface area (TPSA) is 128 Å². The fraction of sp³-hybridized carbons (Fsp3) is 0.389. The van der Waals surface area contributed by atoms with Gasteiger partial charge in [-0.3, -0.25) is 14.4 Å². The molecule has 1 aliphatic carbocycles. The molecule has 1 aliphatic rings. The monoisotopic (exact) mass is 403 g/mol. The van der Waals surface area contributed by atoms with Crippen molar-refractivity contribution in [1.29, 1.82) is 0 Å². The van der Waals surface area contributed by atoms with E-state index in [0.717, 1.165) is 36.1 Å². The standard InChI is InChI=1S/C18H21N5O4S/c1-23(18-20-7-4-8-21-18)9-14(25)27-10-13(24)22-17-15(16(19)26)11-5-2-3-6-12(11)28-17/h4,7-8H,2-3,5-6,9-10H2,1H3,(H2,19,26)(H,22,24). The molecule has 3 rings (SSSR count). The number of nitrogens with two attached hydrogens (primary N) is 1. The van der Waals surface area contributed by atoms with Gasteiger partial charge in [-0.05, 0) is 37.3 Å². The Kier molecular flexibility index (Phi) is 6.19. The molecule has 2 aromatic heterocycles. The zero-order valence-corrected chi connectivity index (χ0v) is 16.3. The first kappa shape index (κ1) is 19.7. The molecule has 0 saturated carbocycles. The lowest BCUT2D eigenvalue weighted by atomic mass is 9.95. The summed E-state index contributed by atoms with van der Waals surface area (Å²) in [5, 5.41) is 3.08. The summed E-state index contributed by atoms with van der Waals surface area (Å²) in [6.07, 6.45) is 6.83. The fourth-order valence-electron chi connectivity index (χ4n) is 3.02. The maximum atomic E-state index is 12.2. The largest absolute Gasteiger partial charge is 0.454 e. The number of nitrogens with one attached hydrogen (secondary N) is 1. The minimum atomic E-state index is -0.592. The minimum absolute atomic E-state index is 0.100. The van der Waals surface area contributed by atoms with Crippen LogP contribution >= 0.6 is 11.3 Å². The summed E-state index contributed by atoms with van der Waals surface area (Å²) in [5.74, 6) is -1.30. The molecule has 2 aromatic rings. The Hall–Kier alpha value is -3.01. The molecule has 148 valence electrons. The number of esters is 1. The van der Waals surface area contributed by atoms with Gasteiger partial charge in [0.15, 0.2) is 6.61 Å². The summed E-state index contributed by atoms with van der Waals surface area (Å²) in [6.45, 7) is -0.555. The molecule has 0 radical (unpaired) electrons. The van der Waals surface area contributed by atoms with E-state index in [0.29, 0.717) is 16.5 Å². The minimum Gasteiger partial charge on any atom is -0.454 e. The Bertz CT molecular complexity index is 884. The van der Waals surface area contributed by atoms with Gasteiger partial charge in [-0.25, -0.2) is 9.97 Å². The molecule has 0 saturated heterocycles. The number of fused-ring (bicyclic) bond motifs is 1. The predicted octanol–water partition coefficient (Wildman–Crippen LogP) is 1.13. The molecule has 0 aliphatic heterocycles. The van der Waals surface area contributed by atoms with Gasteiger partial charge in [0.1, 0.15) is 11.5 Å². The number of aromatic nitrogens is 2. The first-order valence-electron chi connectivity index (χ1n) is 8.83. The van der Waals surface area contributed by atoms with Crippen LogP contribution in [0.2, 0.25) is 0 Å². The summed E-state index contributed by atoms with van der Waals surface area (Å²) in [6, 6.07) is 1.67. The molecule has 2 heterocycles. The predicted molar refractivity (Wildman–Crippen MR) is 104 cm³/mol. The van der Waals surface area contributed by atoms with Crippen molar-refractivity contribution in [2.24, 2.45) is 5.73 Å². The zero-order valence-electron chi connectivity index (χ0n) is 15.4. The van der Waals surface area contributed by atoms with Crippen LogP contribution < -0.4 is 16.0 Å². The molecule has 10 heteroatoms. The van der Waals surface area contributed by atoms with E-state index in [1.807, 2.05) is 0 Å². The van der Waals surface area contributed by atoms with Crippen LogP contribution in [0.25, 0.3) is 0 Å². The Labute approximate surface area is 165 Å². The quantitative estimate of drug-likeness (QED) is 0.663. The van der Waals surface area contributed by atoms with Crippen LogP contribution in [0.5, 0.6) is 0 Å². The Morgan fingerprint density at radius 3 is 2.68 bits per heavy atom. The van der Waals surface area contributed by atoms with E-state index >= 15 is 0 Å². The van der Waals surface area contributed by atoms with E-state index in [1.54, 1.807) is 25.5 Å². The lowest BCUT2D eigenvalue weighted by molar-refractivity contribution is -0.145. The molecule has 0 fully saturated rings. The highest BCUT2D eigenvalue weighted by molar-refractivity contribution is 7.17. The number of hydrogen-bond donors (Lipinski definition) is 2. The second kappa shape index (κ2) is 8.79. The summed E-state index contributed by atoms with van der Waals surface area (Å²) in [7, 11) is 1.64. The number of ether oxygens (including phenoxy) is 1. The van der Waals surface area contributed by atoms with Crippen LogP contribution in [-0.2, 0) is 27.2 Å². The molecular formula is C18H21N5O4S. The molecule has 9 nitrogen and oxygen atoms in total. The van der Waals surface area contributed by atoms with E-state index in [2.05, 4.69) is 15.3 Å². The van der Waals surface area contributed by atoms with Crippen molar-refractivity contribution in [1.82, 2.24) is 9.97 Å². The summed E-state index contributed by atoms with van der Waals surface area (Å²) >= 11 is 1.36. The van der Waals surface area contributed by atoms with Gasteiger partial charge in [0.2, 0.25) is 5.95 Å². The van der Waals surface area contributed by atoms with Gasteiger partial charge in [-0.2, -0.15) is 0 Å². The van der Waals surface area contributed by atoms with Crippen molar-refractivity contribution in [2.75, 3.05) is 30.4 Å². The molecule has 0 aromatic carbocycles. The van der Waals surface area contributed by atoms with Gasteiger partial charge >= 0.3 is 5.97 Å². The smallest absolute Gasteiger partial charge is 0.326 e. The number of hydrogen-bond acceptors (Lipinski definition) is 8. The first-order chi connectivity index (χ1) is 13.5. The number of carbonyl (C=O) groups excluding carboxylic acids is 3. The summed E-state index contributed by atoms with van der Waals surface area (Å²) in [5.41, 5.74) is 6.81. The number of likely N-dealkylation sites (N-methyl/N-ethyl adjacent to an activating group) is 1. The third-order valence-electron chi connectivity index (χ3n) is 4.29. The van der Waals surface area contributed by atoms with Crippen molar-refractivity contribution in [3.05, 3.63) is 34.5 Å². The number of nitrogens with zero attached hydrogens (tertiary/aromatic N) is 3. The second-order valence-corrected chi connectivity index (χ2v) is 7.50. The van der Waals surface area contributed by atoms with Gasteiger partial charge in [0.05, 0.1) is 5.56 Å². The Balaban J connectivity index is 1.55. The molecule has 28 heavy (non-hydrogen) atoms. The molecule has 0 unspecified atom stereocenters. The van der Waals surface area contributed by atoms with Crippen LogP contribution in [0.1, 0.15) is 33.6 Å². The Morgan fingerprint density at radius 1 is 1.25 bits per heavy atom. The lowest BCUT2D eigenvalue weighted by Crippen LogP contribution is -2.30. The van der Waals surface area contributed by atoms with Crippen LogP contribution in [0.4, 0.5) is 10.9 Å². The summed E-state index contributed by atoms with van der Waals surface area (Å²) in [4.78, 5) is 46.6. The van der Waals surface area contributed by atoms with Crippen LogP contribution in [0, 0.1) is 0 Å². The van der Waals surface area contributed by atoms with Crippen molar-refractivity contribution < 1.29 is 19.1 Å². The maximum absolute atomic E-state index is 12.2. The van der Waals surface area contributed by atoms with Gasteiger partial charge in [0.25, 0.3) is 11.8 Å². The average molecular weight is 403 g/mol. The van der Waals surface area contributed by atoms with Crippen molar-refractivity contribution >= 4 is 40.1 Å². The van der Waals surface area contributed by atoms with Gasteiger partial charge < -0.3 is 20.7 Å². The number of aryl methyl sites for hydroxylation is 1. The van der Waals surface area contributed by atoms with Gasteiger partial charge in [-0.15, -0.1) is 11.3 Å². The van der Waals surface area contributed by atoms with Gasteiger partial charge in [-0.1, -0.05) is 0 Å². The first-order valence-corrected chi connectivity index (χ1v) is 9.65. The van der Waals surface area contributed by atoms with Crippen molar-refractivity contribution in [2.45, 2.75) is 25.7 Å². The number of rotatable bonds is 7. The number of thiophene rings is 1. The molecule has 0 bridgehead atoms. The average Bonchev–Trinajstić information content (AvgIpc) is 3.05. The van der Waals surface area contributed by atoms with Crippen LogP contribution in [-0.4, -0.2) is 48.0 Å². The van der Waals surface area contributed by atoms with E-state index in [1.165, 1.54) is 16.2 Å². The number of carbonyl (C=O) groups is 3. The number of amides is 2. The fourth-order valence-corrected chi connectivity index (χ4v) is 4.33. The zero-order chi connectivity index (χ0) is 20.1. The van der Waals surface area contributed by atoms with E-state index in [4.69, 9.17) is 10.5 Å². The number of primary amides is 1. The third-order valence-corrected chi connectivity index (χ3v) is 5.50. The summed E-state index contributed by atoms with van der Waals surface area (Å²) < 4.78 is 5.01. The maximum Gasteiger partial charge on any atom is 0.326 e. The van der Waals surface area contributed by atoms with E-state index < -0.39 is 24.4 Å². The highest BCUT2D eigenvalue weighted by atomic mass is 32.1. The van der Waals surface area contributed by atoms with E-state index in [-0.39, 0.29) is 6.54 Å². The molecular weight excluding hydrogens is 382 g/mol. The molecule has 0 atom stereocenters. The number of anilines is 2. The normalized spacial score (nSPS) is 12.8.